The Kier molecular flexibility index (Phi) is 5.05. The number of rotatable bonds is 6. The lowest BCUT2D eigenvalue weighted by Gasteiger charge is -2.23. The van der Waals surface area contributed by atoms with Crippen LogP contribution in [0.5, 0.6) is 0 Å². The van der Waals surface area contributed by atoms with Crippen molar-refractivity contribution in [3.05, 3.63) is 12.7 Å². The predicted octanol–water partition coefficient (Wildman–Crippen LogP) is -1.79. The molecular formula is C15H23N7O4. The number of carboxylic acid groups (broad SMARTS) is 1. The predicted molar refractivity (Wildman–Crippen MR) is 91.7 cm³/mol. The fourth-order valence-corrected chi connectivity index (χ4v) is 3.57. The summed E-state index contributed by atoms with van der Waals surface area (Å²) in [6.07, 6.45) is 1.61. The van der Waals surface area contributed by atoms with E-state index in [1.165, 1.54) is 12.7 Å². The van der Waals surface area contributed by atoms with Gasteiger partial charge in [0, 0.05) is 12.0 Å². The molecule has 3 rings (SSSR count). The van der Waals surface area contributed by atoms with Crippen molar-refractivity contribution in [1.29, 1.82) is 0 Å². The summed E-state index contributed by atoms with van der Waals surface area (Å²) in [5.41, 5.74) is 18.3. The smallest absolute Gasteiger partial charge is 0.320 e. The van der Waals surface area contributed by atoms with Crippen LogP contribution in [0.4, 0.5) is 5.82 Å². The van der Waals surface area contributed by atoms with Gasteiger partial charge in [-0.05, 0) is 19.3 Å². The quantitative estimate of drug-likeness (QED) is 0.339. The molecule has 1 fully saturated rings. The van der Waals surface area contributed by atoms with Gasteiger partial charge in [0.15, 0.2) is 11.5 Å². The molecular weight excluding hydrogens is 342 g/mol. The number of fused-ring (bicyclic) bond motifs is 1. The number of nitrogens with two attached hydrogens (primary N) is 3. The number of anilines is 1. The molecule has 1 aliphatic carbocycles. The van der Waals surface area contributed by atoms with Gasteiger partial charge in [-0.15, -0.1) is 0 Å². The average Bonchev–Trinajstić information content (AvgIpc) is 3.15. The van der Waals surface area contributed by atoms with Gasteiger partial charge < -0.3 is 37.1 Å². The number of hydrogen-bond acceptors (Lipinski definition) is 9. The summed E-state index contributed by atoms with van der Waals surface area (Å²) in [5.74, 6) is -1.27. The summed E-state index contributed by atoms with van der Waals surface area (Å²) in [7, 11) is 0. The highest BCUT2D eigenvalue weighted by molar-refractivity contribution is 5.81. The number of carboxylic acids is 1. The van der Waals surface area contributed by atoms with Crippen LogP contribution in [0.3, 0.4) is 0 Å². The van der Waals surface area contributed by atoms with E-state index in [0.717, 1.165) is 0 Å². The Labute approximate surface area is 148 Å². The van der Waals surface area contributed by atoms with Crippen LogP contribution in [0, 0.1) is 5.92 Å². The zero-order valence-corrected chi connectivity index (χ0v) is 14.0. The third kappa shape index (κ3) is 3.21. The molecule has 9 N–H and O–H groups in total. The molecule has 26 heavy (non-hydrogen) atoms. The first-order chi connectivity index (χ1) is 12.3. The second-order valence-electron chi connectivity index (χ2n) is 6.72. The van der Waals surface area contributed by atoms with Crippen LogP contribution < -0.4 is 17.2 Å². The Bertz CT molecular complexity index is 797. The molecule has 11 nitrogen and oxygen atoms in total. The highest BCUT2D eigenvalue weighted by Gasteiger charge is 2.45. The molecule has 11 heteroatoms. The minimum atomic E-state index is -1.09. The maximum atomic E-state index is 10.8. The summed E-state index contributed by atoms with van der Waals surface area (Å²) < 4.78 is 1.66. The third-order valence-electron chi connectivity index (χ3n) is 5.12. The molecule has 6 atom stereocenters. The van der Waals surface area contributed by atoms with E-state index in [2.05, 4.69) is 15.0 Å². The summed E-state index contributed by atoms with van der Waals surface area (Å²) in [5, 5.41) is 29.8. The van der Waals surface area contributed by atoms with Gasteiger partial charge in [0.05, 0.1) is 18.5 Å². The van der Waals surface area contributed by atoms with Crippen molar-refractivity contribution >= 4 is 23.0 Å². The maximum absolute atomic E-state index is 10.8. The first kappa shape index (κ1) is 18.5. The van der Waals surface area contributed by atoms with Gasteiger partial charge in [0.2, 0.25) is 0 Å². The fourth-order valence-electron chi connectivity index (χ4n) is 3.57. The molecule has 0 amide bonds. The molecule has 0 saturated heterocycles. The van der Waals surface area contributed by atoms with Crippen molar-refractivity contribution in [2.45, 2.75) is 49.6 Å². The summed E-state index contributed by atoms with van der Waals surface area (Å²) in [6, 6.07) is -1.98. The molecule has 0 aliphatic heterocycles. The molecule has 1 saturated carbocycles. The first-order valence-electron chi connectivity index (χ1n) is 8.34. The number of nitrogens with zero attached hydrogens (tertiary/aromatic N) is 4. The van der Waals surface area contributed by atoms with Gasteiger partial charge in [-0.2, -0.15) is 0 Å². The number of hydrogen-bond donors (Lipinski definition) is 6. The van der Waals surface area contributed by atoms with Crippen LogP contribution in [-0.4, -0.2) is 65.1 Å². The average molecular weight is 365 g/mol. The van der Waals surface area contributed by atoms with Gasteiger partial charge in [-0.25, -0.2) is 15.0 Å². The Morgan fingerprint density at radius 1 is 1.23 bits per heavy atom. The van der Waals surface area contributed by atoms with Crippen LogP contribution >= 0.6 is 0 Å². The van der Waals surface area contributed by atoms with E-state index in [1.54, 1.807) is 4.57 Å². The second kappa shape index (κ2) is 7.11. The van der Waals surface area contributed by atoms with E-state index in [9.17, 15) is 15.0 Å². The normalized spacial score (nSPS) is 28.3. The number of carbonyl (C=O) groups is 1. The van der Waals surface area contributed by atoms with Crippen LogP contribution in [0.25, 0.3) is 11.2 Å². The van der Waals surface area contributed by atoms with Crippen molar-refractivity contribution < 1.29 is 20.1 Å². The van der Waals surface area contributed by atoms with Crippen LogP contribution in [-0.2, 0) is 4.79 Å². The van der Waals surface area contributed by atoms with Crippen molar-refractivity contribution in [2.75, 3.05) is 5.73 Å². The molecule has 0 spiro atoms. The highest BCUT2D eigenvalue weighted by atomic mass is 16.4. The number of nitrogen functional groups attached to an aromatic ring is 1. The molecule has 142 valence electrons. The van der Waals surface area contributed by atoms with Crippen LogP contribution in [0.1, 0.15) is 25.3 Å². The number of aliphatic carboxylic acids is 1. The van der Waals surface area contributed by atoms with Crippen LogP contribution in [0.2, 0.25) is 0 Å². The minimum absolute atomic E-state index is 0.193. The van der Waals surface area contributed by atoms with Crippen LogP contribution in [0.15, 0.2) is 12.7 Å². The molecule has 0 radical (unpaired) electrons. The van der Waals surface area contributed by atoms with Gasteiger partial charge >= 0.3 is 5.97 Å². The molecule has 0 aromatic carbocycles. The molecule has 0 bridgehead atoms. The zero-order valence-electron chi connectivity index (χ0n) is 14.0. The Morgan fingerprint density at radius 3 is 2.65 bits per heavy atom. The third-order valence-corrected chi connectivity index (χ3v) is 5.12. The SMILES string of the molecule is Nc1ncnc2c1ncn2[C@@H]1C[C@H]([C@H](N)CC[C@H](N)C(=O)O)[C@@H](O)[C@H]1O. The molecule has 1 aliphatic rings. The van der Waals surface area contributed by atoms with Crippen molar-refractivity contribution in [2.24, 2.45) is 17.4 Å². The first-order valence-corrected chi connectivity index (χ1v) is 8.34. The zero-order chi connectivity index (χ0) is 19.0. The molecule has 0 unspecified atom stereocenters. The Hall–Kier alpha value is -2.34. The number of aromatic nitrogens is 4. The highest BCUT2D eigenvalue weighted by Crippen LogP contribution is 2.39. The van der Waals surface area contributed by atoms with Crippen molar-refractivity contribution in [1.82, 2.24) is 19.5 Å². The Morgan fingerprint density at radius 2 is 1.96 bits per heavy atom. The van der Waals surface area contributed by atoms with Gasteiger partial charge in [-0.1, -0.05) is 0 Å². The van der Waals surface area contributed by atoms with E-state index in [-0.39, 0.29) is 12.2 Å². The van der Waals surface area contributed by atoms with Gasteiger partial charge in [0.1, 0.15) is 24.0 Å². The van der Waals surface area contributed by atoms with Crippen molar-refractivity contribution in [3.8, 4) is 0 Å². The summed E-state index contributed by atoms with van der Waals surface area (Å²) in [4.78, 5) is 23.0. The van der Waals surface area contributed by atoms with Gasteiger partial charge in [0.25, 0.3) is 0 Å². The number of aliphatic hydroxyl groups is 2. The lowest BCUT2D eigenvalue weighted by atomic mass is 9.91. The lowest BCUT2D eigenvalue weighted by molar-refractivity contribution is -0.138. The fraction of sp³-hybridized carbons (Fsp3) is 0.600. The van der Waals surface area contributed by atoms with E-state index < -0.39 is 42.2 Å². The second-order valence-corrected chi connectivity index (χ2v) is 6.72. The number of aliphatic hydroxyl groups excluding tert-OH is 2. The van der Waals surface area contributed by atoms with E-state index in [0.29, 0.717) is 24.0 Å². The molecule has 2 aromatic heterocycles. The number of imidazole rings is 1. The molecule has 2 heterocycles. The van der Waals surface area contributed by atoms with E-state index in [1.807, 2.05) is 0 Å². The monoisotopic (exact) mass is 365 g/mol. The summed E-state index contributed by atoms with van der Waals surface area (Å²) in [6.45, 7) is 0. The minimum Gasteiger partial charge on any atom is -0.480 e. The van der Waals surface area contributed by atoms with Gasteiger partial charge in [-0.3, -0.25) is 4.79 Å². The standard InChI is InChI=1S/C15H23N7O4/c16-7(1-2-8(17)15(25)26)6-3-9(12(24)11(6)23)22-5-21-10-13(18)19-4-20-14(10)22/h4-9,11-12,23-24H,1-3,16-17H2,(H,25,26)(H2,18,19,20)/t6-,7-,8+,9-,11-,12+/m1/s1. The molecule has 2 aromatic rings. The lowest BCUT2D eigenvalue weighted by Crippen LogP contribution is -2.40. The summed E-state index contributed by atoms with van der Waals surface area (Å²) >= 11 is 0. The van der Waals surface area contributed by atoms with Crippen molar-refractivity contribution in [3.63, 3.8) is 0 Å². The maximum Gasteiger partial charge on any atom is 0.320 e. The largest absolute Gasteiger partial charge is 0.480 e. The topological polar surface area (TPSA) is 199 Å². The van der Waals surface area contributed by atoms with E-state index >= 15 is 0 Å². The van der Waals surface area contributed by atoms with E-state index in [4.69, 9.17) is 22.3 Å². The Balaban J connectivity index is 1.77.